The van der Waals surface area contributed by atoms with E-state index in [2.05, 4.69) is 52.3 Å². The molecule has 0 saturated carbocycles. The van der Waals surface area contributed by atoms with Crippen LogP contribution in [0.25, 0.3) is 5.69 Å². The Morgan fingerprint density at radius 1 is 1.19 bits per heavy atom. The summed E-state index contributed by atoms with van der Waals surface area (Å²) in [4.78, 5) is 9.38. The van der Waals surface area contributed by atoms with Gasteiger partial charge in [0.05, 0.1) is 18.2 Å². The highest BCUT2D eigenvalue weighted by molar-refractivity contribution is 5.39. The van der Waals surface area contributed by atoms with Crippen molar-refractivity contribution in [1.82, 2.24) is 24.6 Å². The normalized spacial score (nSPS) is 11.2. The third kappa shape index (κ3) is 3.20. The molecule has 5 nitrogen and oxygen atoms in total. The lowest BCUT2D eigenvalue weighted by Crippen LogP contribution is -2.17. The van der Waals surface area contributed by atoms with Crippen LogP contribution in [0.5, 0.6) is 0 Å². The van der Waals surface area contributed by atoms with Gasteiger partial charge >= 0.3 is 0 Å². The lowest BCUT2D eigenvalue weighted by Gasteiger charge is -2.13. The molecule has 21 heavy (non-hydrogen) atoms. The molecule has 0 aliphatic carbocycles. The van der Waals surface area contributed by atoms with Crippen LogP contribution in [0.3, 0.4) is 0 Å². The third-order valence-electron chi connectivity index (χ3n) is 3.45. The van der Waals surface area contributed by atoms with Crippen molar-refractivity contribution in [2.24, 2.45) is 0 Å². The molecular formula is C16H19N5. The summed E-state index contributed by atoms with van der Waals surface area (Å²) in [6, 6.07) is 8.26. The van der Waals surface area contributed by atoms with E-state index >= 15 is 0 Å². The SMILES string of the molecule is Cc1ccccc1-n1cc(CN(C)Cc2cnc[nH]2)cn1. The van der Waals surface area contributed by atoms with Crippen LogP contribution in [0.4, 0.5) is 0 Å². The fourth-order valence-corrected chi connectivity index (χ4v) is 2.42. The Hall–Kier alpha value is -2.40. The van der Waals surface area contributed by atoms with E-state index in [4.69, 9.17) is 0 Å². The average molecular weight is 281 g/mol. The second kappa shape index (κ2) is 5.93. The number of benzene rings is 1. The summed E-state index contributed by atoms with van der Waals surface area (Å²) in [5, 5.41) is 4.47. The van der Waals surface area contributed by atoms with Crippen LogP contribution < -0.4 is 0 Å². The van der Waals surface area contributed by atoms with E-state index in [9.17, 15) is 0 Å². The van der Waals surface area contributed by atoms with Crippen LogP contribution in [-0.4, -0.2) is 31.7 Å². The first-order valence-electron chi connectivity index (χ1n) is 6.98. The second-order valence-electron chi connectivity index (χ2n) is 5.33. The molecule has 3 aromatic rings. The summed E-state index contributed by atoms with van der Waals surface area (Å²) >= 11 is 0. The molecule has 0 fully saturated rings. The van der Waals surface area contributed by atoms with Crippen molar-refractivity contribution in [1.29, 1.82) is 0 Å². The molecule has 0 radical (unpaired) electrons. The molecule has 2 heterocycles. The van der Waals surface area contributed by atoms with Crippen LogP contribution in [0, 0.1) is 6.92 Å². The van der Waals surface area contributed by atoms with Crippen molar-refractivity contribution in [3.05, 3.63) is 66.0 Å². The second-order valence-corrected chi connectivity index (χ2v) is 5.33. The monoisotopic (exact) mass is 281 g/mol. The van der Waals surface area contributed by atoms with Gasteiger partial charge in [0.2, 0.25) is 0 Å². The van der Waals surface area contributed by atoms with E-state index in [1.807, 2.05) is 29.2 Å². The Balaban J connectivity index is 1.69. The molecule has 0 saturated heterocycles. The predicted octanol–water partition coefficient (Wildman–Crippen LogP) is 2.54. The standard InChI is InChI=1S/C16H19N5/c1-13-5-3-4-6-16(13)21-10-14(7-19-21)9-20(2)11-15-8-17-12-18-15/h3-8,10,12H,9,11H2,1-2H3,(H,17,18). The number of hydrogen-bond acceptors (Lipinski definition) is 3. The first-order chi connectivity index (χ1) is 10.2. The molecule has 0 atom stereocenters. The molecule has 3 rings (SSSR count). The number of hydrogen-bond donors (Lipinski definition) is 1. The summed E-state index contributed by atoms with van der Waals surface area (Å²) in [5.74, 6) is 0. The van der Waals surface area contributed by atoms with Crippen LogP contribution in [-0.2, 0) is 13.1 Å². The summed E-state index contributed by atoms with van der Waals surface area (Å²) in [6.45, 7) is 3.79. The van der Waals surface area contributed by atoms with E-state index in [0.717, 1.165) is 24.5 Å². The van der Waals surface area contributed by atoms with Gasteiger partial charge in [-0.3, -0.25) is 4.90 Å². The van der Waals surface area contributed by atoms with Crippen molar-refractivity contribution in [3.63, 3.8) is 0 Å². The van der Waals surface area contributed by atoms with Gasteiger partial charge in [-0.1, -0.05) is 18.2 Å². The van der Waals surface area contributed by atoms with E-state index in [1.165, 1.54) is 11.1 Å². The number of aryl methyl sites for hydroxylation is 1. The number of imidazole rings is 1. The minimum atomic E-state index is 0.843. The van der Waals surface area contributed by atoms with E-state index in [-0.39, 0.29) is 0 Å². The molecule has 1 aromatic carbocycles. The molecule has 0 unspecified atom stereocenters. The molecule has 2 aromatic heterocycles. The Kier molecular flexibility index (Phi) is 3.83. The van der Waals surface area contributed by atoms with Gasteiger partial charge in [0.15, 0.2) is 0 Å². The quantitative estimate of drug-likeness (QED) is 0.782. The molecule has 0 bridgehead atoms. The molecule has 0 aliphatic rings. The van der Waals surface area contributed by atoms with Gasteiger partial charge in [-0.2, -0.15) is 5.10 Å². The molecule has 0 amide bonds. The number of aromatic nitrogens is 4. The van der Waals surface area contributed by atoms with Crippen molar-refractivity contribution < 1.29 is 0 Å². The van der Waals surface area contributed by atoms with E-state index in [1.54, 1.807) is 6.33 Å². The average Bonchev–Trinajstić information content (AvgIpc) is 3.11. The molecule has 0 aliphatic heterocycles. The highest BCUT2D eigenvalue weighted by Gasteiger charge is 2.07. The summed E-state index contributed by atoms with van der Waals surface area (Å²) < 4.78 is 1.94. The lowest BCUT2D eigenvalue weighted by molar-refractivity contribution is 0.315. The van der Waals surface area contributed by atoms with Crippen LogP contribution in [0.2, 0.25) is 0 Å². The maximum Gasteiger partial charge on any atom is 0.0922 e. The minimum Gasteiger partial charge on any atom is -0.347 e. The maximum absolute atomic E-state index is 4.47. The van der Waals surface area contributed by atoms with Gasteiger partial charge in [-0.05, 0) is 25.6 Å². The van der Waals surface area contributed by atoms with Crippen LogP contribution in [0.1, 0.15) is 16.8 Å². The first-order valence-corrected chi connectivity index (χ1v) is 6.98. The van der Waals surface area contributed by atoms with Gasteiger partial charge in [-0.25, -0.2) is 9.67 Å². The molecule has 1 N–H and O–H groups in total. The fourth-order valence-electron chi connectivity index (χ4n) is 2.42. The van der Waals surface area contributed by atoms with Gasteiger partial charge in [-0.15, -0.1) is 0 Å². The van der Waals surface area contributed by atoms with Crippen molar-refractivity contribution in [2.45, 2.75) is 20.0 Å². The van der Waals surface area contributed by atoms with Gasteiger partial charge in [0.1, 0.15) is 0 Å². The van der Waals surface area contributed by atoms with Crippen molar-refractivity contribution in [3.8, 4) is 5.69 Å². The number of nitrogens with one attached hydrogen (secondary N) is 1. The van der Waals surface area contributed by atoms with Gasteiger partial charge < -0.3 is 4.98 Å². The third-order valence-corrected chi connectivity index (χ3v) is 3.45. The zero-order valence-electron chi connectivity index (χ0n) is 12.3. The maximum atomic E-state index is 4.47. The van der Waals surface area contributed by atoms with Crippen LogP contribution >= 0.6 is 0 Å². The topological polar surface area (TPSA) is 49.7 Å². The Morgan fingerprint density at radius 3 is 2.81 bits per heavy atom. The Labute approximate surface area is 124 Å². The lowest BCUT2D eigenvalue weighted by atomic mass is 10.2. The Morgan fingerprint density at radius 2 is 2.05 bits per heavy atom. The van der Waals surface area contributed by atoms with Crippen molar-refractivity contribution in [2.75, 3.05) is 7.05 Å². The van der Waals surface area contributed by atoms with Crippen LogP contribution in [0.15, 0.2) is 49.2 Å². The number of aromatic amines is 1. The zero-order valence-corrected chi connectivity index (χ0v) is 12.3. The predicted molar refractivity (Wildman–Crippen MR) is 82.1 cm³/mol. The van der Waals surface area contributed by atoms with E-state index in [0.29, 0.717) is 0 Å². The molecular weight excluding hydrogens is 262 g/mol. The van der Waals surface area contributed by atoms with Gasteiger partial charge in [0.25, 0.3) is 0 Å². The number of nitrogens with zero attached hydrogens (tertiary/aromatic N) is 4. The highest BCUT2D eigenvalue weighted by Crippen LogP contribution is 2.14. The number of para-hydroxylation sites is 1. The summed E-state index contributed by atoms with van der Waals surface area (Å²) in [5.41, 5.74) is 4.65. The summed E-state index contributed by atoms with van der Waals surface area (Å²) in [7, 11) is 2.09. The smallest absolute Gasteiger partial charge is 0.0922 e. The first kappa shape index (κ1) is 13.6. The molecule has 0 spiro atoms. The number of H-pyrrole nitrogens is 1. The van der Waals surface area contributed by atoms with E-state index < -0.39 is 0 Å². The molecule has 108 valence electrons. The van der Waals surface area contributed by atoms with Gasteiger partial charge in [0, 0.05) is 36.7 Å². The fraction of sp³-hybridized carbons (Fsp3) is 0.250. The Bertz CT molecular complexity index is 699. The zero-order chi connectivity index (χ0) is 14.7. The van der Waals surface area contributed by atoms with Crippen molar-refractivity contribution >= 4 is 0 Å². The largest absolute Gasteiger partial charge is 0.347 e. The highest BCUT2D eigenvalue weighted by atomic mass is 15.3. The number of rotatable bonds is 5. The minimum absolute atomic E-state index is 0.843. The summed E-state index contributed by atoms with van der Waals surface area (Å²) in [6.07, 6.45) is 7.58. The molecule has 5 heteroatoms.